The third kappa shape index (κ3) is 4.45. The smallest absolute Gasteiger partial charge is 0.223 e. The van der Waals surface area contributed by atoms with Gasteiger partial charge in [-0.15, -0.1) is 11.8 Å². The van der Waals surface area contributed by atoms with Gasteiger partial charge in [0.05, 0.1) is 19.9 Å². The average molecular weight is 414 g/mol. The van der Waals surface area contributed by atoms with Crippen LogP contribution >= 0.6 is 11.8 Å². The number of nitrogens with one attached hydrogen (secondary N) is 1. The van der Waals surface area contributed by atoms with Crippen molar-refractivity contribution in [3.63, 3.8) is 0 Å². The van der Waals surface area contributed by atoms with Crippen molar-refractivity contribution < 1.29 is 18.4 Å². The van der Waals surface area contributed by atoms with E-state index in [2.05, 4.69) is 15.1 Å². The van der Waals surface area contributed by atoms with Gasteiger partial charge in [0.25, 0.3) is 0 Å². The van der Waals surface area contributed by atoms with Gasteiger partial charge in [-0.2, -0.15) is 4.98 Å². The highest BCUT2D eigenvalue weighted by molar-refractivity contribution is 8.15. The van der Waals surface area contributed by atoms with Gasteiger partial charge in [-0.3, -0.25) is 5.41 Å². The molecule has 1 N–H and O–H groups in total. The Hall–Kier alpha value is -3.20. The molecule has 0 amide bonds. The first-order chi connectivity index (χ1) is 14.0. The van der Waals surface area contributed by atoms with E-state index in [-0.39, 0.29) is 22.1 Å². The number of methoxy groups -OCH3 is 2. The summed E-state index contributed by atoms with van der Waals surface area (Å²) in [5.41, 5.74) is 1.66. The number of nitrogens with zero attached hydrogens (tertiary/aromatic N) is 3. The van der Waals surface area contributed by atoms with E-state index in [1.807, 2.05) is 0 Å². The van der Waals surface area contributed by atoms with Crippen molar-refractivity contribution in [2.45, 2.75) is 6.92 Å². The Morgan fingerprint density at radius 2 is 1.79 bits per heavy atom. The fraction of sp³-hybridized carbons (Fsp3) is 0.200. The van der Waals surface area contributed by atoms with E-state index in [1.165, 1.54) is 26.4 Å². The Bertz CT molecular complexity index is 1060. The lowest BCUT2D eigenvalue weighted by Crippen LogP contribution is -2.13. The molecule has 0 radical (unpaired) electrons. The minimum Gasteiger partial charge on any atom is -0.493 e. The van der Waals surface area contributed by atoms with Crippen molar-refractivity contribution in [3.05, 3.63) is 53.7 Å². The molecule has 150 valence electrons. The summed E-state index contributed by atoms with van der Waals surface area (Å²) >= 11 is 1.16. The molecule has 0 fully saturated rings. The van der Waals surface area contributed by atoms with Crippen LogP contribution in [0.2, 0.25) is 0 Å². The lowest BCUT2D eigenvalue weighted by atomic mass is 10.1. The van der Waals surface area contributed by atoms with Gasteiger partial charge in [0.15, 0.2) is 11.5 Å². The molecule has 1 aromatic heterocycles. The zero-order valence-corrected chi connectivity index (χ0v) is 17.1. The highest BCUT2D eigenvalue weighted by atomic mass is 32.2. The summed E-state index contributed by atoms with van der Waals surface area (Å²) in [7, 11) is 2.90. The molecule has 3 rings (SSSR count). The Labute approximate surface area is 171 Å². The van der Waals surface area contributed by atoms with Gasteiger partial charge in [0, 0.05) is 24.1 Å². The molecule has 0 spiro atoms. The van der Waals surface area contributed by atoms with E-state index in [9.17, 15) is 4.39 Å². The maximum atomic E-state index is 14.7. The van der Waals surface area contributed by atoms with Gasteiger partial charge in [0.1, 0.15) is 16.6 Å². The van der Waals surface area contributed by atoms with E-state index in [4.69, 9.17) is 19.4 Å². The van der Waals surface area contributed by atoms with Crippen LogP contribution in [0, 0.1) is 18.2 Å². The number of halogens is 1. The molecule has 29 heavy (non-hydrogen) atoms. The highest BCUT2D eigenvalue weighted by Gasteiger charge is 2.19. The third-order valence-corrected chi connectivity index (χ3v) is 4.64. The van der Waals surface area contributed by atoms with Crippen molar-refractivity contribution in [2.24, 2.45) is 4.99 Å². The highest BCUT2D eigenvalue weighted by Crippen LogP contribution is 2.31. The summed E-state index contributed by atoms with van der Waals surface area (Å²) in [6, 6.07) is 9.76. The molecule has 0 aliphatic carbocycles. The van der Waals surface area contributed by atoms with Gasteiger partial charge in [-0.05, 0) is 36.6 Å². The molecule has 0 aliphatic heterocycles. The summed E-state index contributed by atoms with van der Waals surface area (Å²) in [5, 5.41) is 12.2. The van der Waals surface area contributed by atoms with Crippen LogP contribution in [0.25, 0.3) is 11.4 Å². The number of aliphatic imine (C=N–C) groups is 1. The molecule has 2 aromatic carbocycles. The van der Waals surface area contributed by atoms with Gasteiger partial charge in [0.2, 0.25) is 11.7 Å². The average Bonchev–Trinajstić information content (AvgIpc) is 3.18. The lowest BCUT2D eigenvalue weighted by Gasteiger charge is -2.13. The molecule has 0 saturated heterocycles. The monoisotopic (exact) mass is 414 g/mol. The number of benzene rings is 2. The number of aromatic nitrogens is 2. The van der Waals surface area contributed by atoms with E-state index in [1.54, 1.807) is 37.4 Å². The van der Waals surface area contributed by atoms with Crippen molar-refractivity contribution in [2.75, 3.05) is 20.5 Å². The maximum Gasteiger partial charge on any atom is 0.223 e. The molecule has 0 atom stereocenters. The van der Waals surface area contributed by atoms with Gasteiger partial charge < -0.3 is 14.0 Å². The van der Waals surface area contributed by atoms with Gasteiger partial charge in [-0.25, -0.2) is 9.38 Å². The molecule has 0 aliphatic rings. The number of hydrogen-bond acceptors (Lipinski definition) is 8. The van der Waals surface area contributed by atoms with Crippen molar-refractivity contribution in [1.82, 2.24) is 10.1 Å². The predicted molar refractivity (Wildman–Crippen MR) is 111 cm³/mol. The Morgan fingerprint density at radius 3 is 2.34 bits per heavy atom. The lowest BCUT2D eigenvalue weighted by molar-refractivity contribution is 0.352. The quantitative estimate of drug-likeness (QED) is 0.466. The van der Waals surface area contributed by atoms with E-state index < -0.39 is 5.82 Å². The van der Waals surface area contributed by atoms with Crippen molar-refractivity contribution >= 4 is 28.2 Å². The van der Waals surface area contributed by atoms with E-state index >= 15 is 0 Å². The van der Waals surface area contributed by atoms with E-state index in [0.29, 0.717) is 23.2 Å². The fourth-order valence-electron chi connectivity index (χ4n) is 2.60. The van der Waals surface area contributed by atoms with Gasteiger partial charge >= 0.3 is 0 Å². The zero-order chi connectivity index (χ0) is 21.0. The summed E-state index contributed by atoms with van der Waals surface area (Å²) in [6.07, 6.45) is 1.73. The molecule has 0 saturated carbocycles. The Morgan fingerprint density at radius 1 is 1.14 bits per heavy atom. The van der Waals surface area contributed by atoms with Crippen LogP contribution in [-0.4, -0.2) is 41.4 Å². The number of aryl methyl sites for hydroxylation is 1. The second kappa shape index (κ2) is 8.87. The molecular formula is C20H19FN4O3S. The normalized spacial score (nSPS) is 11.4. The van der Waals surface area contributed by atoms with Crippen molar-refractivity contribution in [1.29, 1.82) is 5.41 Å². The number of thioether (sulfide) groups is 1. The number of ether oxygens (including phenoxy) is 2. The molecule has 9 heteroatoms. The van der Waals surface area contributed by atoms with Crippen molar-refractivity contribution in [3.8, 4) is 22.9 Å². The van der Waals surface area contributed by atoms with Gasteiger partial charge in [-0.1, -0.05) is 5.16 Å². The minimum absolute atomic E-state index is 0.119. The molecule has 1 heterocycles. The SMILES string of the molecule is COc1cc(F)c(/C(=N\c2ccc(-c3noc(C)n3)cc2)C(=N)SC)cc1OC. The van der Waals surface area contributed by atoms with Crippen LogP contribution in [0.3, 0.4) is 0 Å². The Balaban J connectivity index is 2.03. The van der Waals surface area contributed by atoms with Crippen LogP contribution in [0.1, 0.15) is 11.5 Å². The fourth-order valence-corrected chi connectivity index (χ4v) is 2.95. The maximum absolute atomic E-state index is 14.7. The summed E-state index contributed by atoms with van der Waals surface area (Å²) in [6.45, 7) is 1.72. The first-order valence-electron chi connectivity index (χ1n) is 8.51. The second-order valence-electron chi connectivity index (χ2n) is 5.86. The first kappa shape index (κ1) is 20.5. The van der Waals surface area contributed by atoms with Crippen LogP contribution < -0.4 is 9.47 Å². The summed E-state index contributed by atoms with van der Waals surface area (Å²) in [4.78, 5) is 8.68. The first-order valence-corrected chi connectivity index (χ1v) is 9.73. The zero-order valence-electron chi connectivity index (χ0n) is 16.3. The topological polar surface area (TPSA) is 93.6 Å². The molecule has 0 unspecified atom stereocenters. The Kier molecular flexibility index (Phi) is 6.28. The summed E-state index contributed by atoms with van der Waals surface area (Å²) in [5.74, 6) is 1.01. The molecule has 3 aromatic rings. The molecule has 0 bridgehead atoms. The predicted octanol–water partition coefficient (Wildman–Crippen LogP) is 4.66. The number of rotatable bonds is 6. The standard InChI is InChI=1S/C20H19FN4O3S/c1-11-23-20(25-28-11)12-5-7-13(8-6-12)24-18(19(22)29-4)14-9-16(26-2)17(27-3)10-15(14)21/h5-10,22H,1-4H3/b22-19?,24-18+. The minimum atomic E-state index is -0.556. The third-order valence-electron chi connectivity index (χ3n) is 4.04. The van der Waals surface area contributed by atoms with Crippen LogP contribution in [-0.2, 0) is 0 Å². The number of hydrogen-bond donors (Lipinski definition) is 1. The second-order valence-corrected chi connectivity index (χ2v) is 6.68. The molecular weight excluding hydrogens is 395 g/mol. The largest absolute Gasteiger partial charge is 0.493 e. The molecule has 7 nitrogen and oxygen atoms in total. The van der Waals surface area contributed by atoms with Crippen LogP contribution in [0.5, 0.6) is 11.5 Å². The van der Waals surface area contributed by atoms with Crippen LogP contribution in [0.15, 0.2) is 45.9 Å². The van der Waals surface area contributed by atoms with Crippen LogP contribution in [0.4, 0.5) is 10.1 Å². The summed E-state index contributed by atoms with van der Waals surface area (Å²) < 4.78 is 30.1. The van der Waals surface area contributed by atoms with E-state index in [0.717, 1.165) is 17.3 Å².